The number of nitrogens with zero attached hydrogens (tertiary/aromatic N) is 3. The van der Waals surface area contributed by atoms with Crippen LogP contribution in [0.2, 0.25) is 0 Å². The molecule has 0 atom stereocenters. The summed E-state index contributed by atoms with van der Waals surface area (Å²) in [4.78, 5) is 51.2. The summed E-state index contributed by atoms with van der Waals surface area (Å²) in [6.45, 7) is 0. The molecule has 0 bridgehead atoms. The van der Waals surface area contributed by atoms with Gasteiger partial charge < -0.3 is 10.6 Å². The van der Waals surface area contributed by atoms with E-state index in [0.29, 0.717) is 21.9 Å². The number of nitrogens with one attached hydrogen (secondary N) is 2. The third kappa shape index (κ3) is 5.45. The molecule has 1 heterocycles. The molecular weight excluding hydrogens is 522 g/mol. The minimum Gasteiger partial charge on any atom is -0.322 e. The number of nitro groups is 2. The summed E-state index contributed by atoms with van der Waals surface area (Å²) in [6, 6.07) is 22.9. The zero-order chi connectivity index (χ0) is 27.5. The highest BCUT2D eigenvalue weighted by atomic mass is 32.1. The first-order chi connectivity index (χ1) is 18.8. The molecule has 12 heteroatoms. The smallest absolute Gasteiger partial charge is 0.269 e. The molecule has 11 nitrogen and oxygen atoms in total. The summed E-state index contributed by atoms with van der Waals surface area (Å²) < 4.78 is 0.931. The predicted octanol–water partition coefficient (Wildman–Crippen LogP) is 6.28. The first-order valence-electron chi connectivity index (χ1n) is 11.4. The fraction of sp³-hybridized carbons (Fsp3) is 0. The van der Waals surface area contributed by atoms with Crippen molar-refractivity contribution in [1.29, 1.82) is 0 Å². The highest BCUT2D eigenvalue weighted by Crippen LogP contribution is 2.36. The summed E-state index contributed by atoms with van der Waals surface area (Å²) in [5.74, 6) is -0.947. The van der Waals surface area contributed by atoms with Gasteiger partial charge >= 0.3 is 0 Å². The van der Waals surface area contributed by atoms with Crippen LogP contribution in [0.5, 0.6) is 0 Å². The number of aromatic nitrogens is 1. The van der Waals surface area contributed by atoms with Crippen LogP contribution in [0.3, 0.4) is 0 Å². The lowest BCUT2D eigenvalue weighted by Crippen LogP contribution is -2.14. The van der Waals surface area contributed by atoms with E-state index in [1.54, 1.807) is 18.2 Å². The maximum Gasteiger partial charge on any atom is 0.269 e. The van der Waals surface area contributed by atoms with Crippen molar-refractivity contribution in [3.8, 4) is 10.6 Å². The number of thiazole rings is 1. The fourth-order valence-corrected chi connectivity index (χ4v) is 4.76. The van der Waals surface area contributed by atoms with E-state index in [-0.39, 0.29) is 22.5 Å². The molecule has 0 saturated heterocycles. The molecule has 4 aromatic carbocycles. The molecule has 0 spiro atoms. The summed E-state index contributed by atoms with van der Waals surface area (Å²) in [6.07, 6.45) is 0. The normalized spacial score (nSPS) is 10.7. The van der Waals surface area contributed by atoms with E-state index in [4.69, 9.17) is 0 Å². The highest BCUT2D eigenvalue weighted by Gasteiger charge is 2.17. The first-order valence-corrected chi connectivity index (χ1v) is 12.2. The predicted molar refractivity (Wildman–Crippen MR) is 147 cm³/mol. The van der Waals surface area contributed by atoms with Crippen molar-refractivity contribution in [3.63, 3.8) is 0 Å². The molecule has 5 aromatic rings. The van der Waals surface area contributed by atoms with Gasteiger partial charge in [0.05, 0.1) is 25.8 Å². The molecule has 0 fully saturated rings. The van der Waals surface area contributed by atoms with Gasteiger partial charge in [-0.1, -0.05) is 12.1 Å². The van der Waals surface area contributed by atoms with Crippen molar-refractivity contribution in [3.05, 3.63) is 122 Å². The van der Waals surface area contributed by atoms with Crippen molar-refractivity contribution in [2.75, 3.05) is 10.6 Å². The Morgan fingerprint density at radius 1 is 0.718 bits per heavy atom. The van der Waals surface area contributed by atoms with E-state index in [9.17, 15) is 29.8 Å². The molecule has 0 aliphatic rings. The van der Waals surface area contributed by atoms with E-state index in [1.165, 1.54) is 59.9 Å². The van der Waals surface area contributed by atoms with Gasteiger partial charge in [0.25, 0.3) is 23.2 Å². The minimum atomic E-state index is -0.546. The zero-order valence-corrected chi connectivity index (χ0v) is 20.7. The van der Waals surface area contributed by atoms with Crippen molar-refractivity contribution < 1.29 is 19.4 Å². The van der Waals surface area contributed by atoms with Gasteiger partial charge in [0.2, 0.25) is 0 Å². The van der Waals surface area contributed by atoms with E-state index in [1.807, 2.05) is 24.3 Å². The molecule has 0 saturated carbocycles. The van der Waals surface area contributed by atoms with Crippen LogP contribution in [-0.2, 0) is 0 Å². The molecule has 0 radical (unpaired) electrons. The monoisotopic (exact) mass is 539 g/mol. The number of benzene rings is 4. The maximum absolute atomic E-state index is 13.0. The third-order valence-corrected chi connectivity index (χ3v) is 6.80. The van der Waals surface area contributed by atoms with E-state index in [0.717, 1.165) is 10.2 Å². The number of rotatable bonds is 7. The number of nitro benzene ring substituents is 2. The molecule has 0 aliphatic heterocycles. The largest absolute Gasteiger partial charge is 0.322 e. The lowest BCUT2D eigenvalue weighted by molar-refractivity contribution is -0.385. The molecule has 39 heavy (non-hydrogen) atoms. The molecule has 2 N–H and O–H groups in total. The van der Waals surface area contributed by atoms with Gasteiger partial charge in [-0.05, 0) is 54.6 Å². The Balaban J connectivity index is 1.47. The van der Waals surface area contributed by atoms with Crippen LogP contribution in [0, 0.1) is 20.2 Å². The van der Waals surface area contributed by atoms with E-state index in [2.05, 4.69) is 15.6 Å². The van der Waals surface area contributed by atoms with Crippen LogP contribution in [0.4, 0.5) is 22.7 Å². The van der Waals surface area contributed by atoms with Crippen molar-refractivity contribution >= 4 is 56.1 Å². The van der Waals surface area contributed by atoms with Gasteiger partial charge in [0.1, 0.15) is 5.01 Å². The fourth-order valence-electron chi connectivity index (χ4n) is 3.76. The molecule has 2 amide bonds. The number of anilines is 2. The second kappa shape index (κ2) is 10.5. The average molecular weight is 540 g/mol. The standard InChI is InChI=1S/C27H17N5O6S/c33-25(16-5-10-19(11-6-16)31(35)36)28-18-9-14-22(29-26(34)17-7-12-20(13-8-17)32(37)38)21(15-18)27-30-23-3-1-2-4-24(23)39-27/h1-15H,(H,28,33)(H,29,34). The molecule has 1 aromatic heterocycles. The third-order valence-electron chi connectivity index (χ3n) is 5.73. The van der Waals surface area contributed by atoms with Crippen LogP contribution >= 0.6 is 11.3 Å². The van der Waals surface area contributed by atoms with Gasteiger partial charge in [0.15, 0.2) is 0 Å². The SMILES string of the molecule is O=C(Nc1ccc(NC(=O)c2ccc([N+](=O)[O-])cc2)c(-c2nc3ccccc3s2)c1)c1ccc([N+](=O)[O-])cc1. The van der Waals surface area contributed by atoms with E-state index >= 15 is 0 Å². The van der Waals surface area contributed by atoms with Gasteiger partial charge in [-0.3, -0.25) is 29.8 Å². The summed E-state index contributed by atoms with van der Waals surface area (Å²) in [7, 11) is 0. The summed E-state index contributed by atoms with van der Waals surface area (Å²) >= 11 is 1.41. The minimum absolute atomic E-state index is 0.127. The number of carbonyl (C=O) groups is 2. The zero-order valence-electron chi connectivity index (χ0n) is 19.9. The molecule has 192 valence electrons. The summed E-state index contributed by atoms with van der Waals surface area (Å²) in [5, 5.41) is 28.0. The number of amides is 2. The Hall–Kier alpha value is -5.49. The Morgan fingerprint density at radius 3 is 1.85 bits per heavy atom. The molecule has 5 rings (SSSR count). The lowest BCUT2D eigenvalue weighted by Gasteiger charge is -2.13. The second-order valence-electron chi connectivity index (χ2n) is 8.26. The van der Waals surface area contributed by atoms with Crippen molar-refractivity contribution in [1.82, 2.24) is 4.98 Å². The maximum atomic E-state index is 13.0. The number of carbonyl (C=O) groups excluding carboxylic acids is 2. The number of hydrogen-bond donors (Lipinski definition) is 2. The summed E-state index contributed by atoms with van der Waals surface area (Å²) in [5.41, 5.74) is 2.36. The Morgan fingerprint density at radius 2 is 1.28 bits per heavy atom. The molecule has 0 aliphatic carbocycles. The molecular formula is C27H17N5O6S. The number of fused-ring (bicyclic) bond motifs is 1. The Labute approximate surface area is 224 Å². The van der Waals surface area contributed by atoms with Gasteiger partial charge in [-0.2, -0.15) is 0 Å². The van der Waals surface area contributed by atoms with Crippen LogP contribution in [0.25, 0.3) is 20.8 Å². The first kappa shape index (κ1) is 25.2. The highest BCUT2D eigenvalue weighted by molar-refractivity contribution is 7.21. The van der Waals surface area contributed by atoms with Gasteiger partial charge in [0, 0.05) is 46.6 Å². The van der Waals surface area contributed by atoms with Gasteiger partial charge in [-0.15, -0.1) is 11.3 Å². The van der Waals surface area contributed by atoms with Crippen LogP contribution in [0.1, 0.15) is 20.7 Å². The van der Waals surface area contributed by atoms with Crippen molar-refractivity contribution in [2.24, 2.45) is 0 Å². The van der Waals surface area contributed by atoms with Gasteiger partial charge in [-0.25, -0.2) is 4.98 Å². The Bertz CT molecular complexity index is 1720. The average Bonchev–Trinajstić information content (AvgIpc) is 3.38. The lowest BCUT2D eigenvalue weighted by atomic mass is 10.1. The topological polar surface area (TPSA) is 157 Å². The van der Waals surface area contributed by atoms with Crippen LogP contribution in [-0.4, -0.2) is 26.6 Å². The van der Waals surface area contributed by atoms with Crippen molar-refractivity contribution in [2.45, 2.75) is 0 Å². The van der Waals surface area contributed by atoms with Crippen LogP contribution in [0.15, 0.2) is 91.0 Å². The number of hydrogen-bond acceptors (Lipinski definition) is 8. The van der Waals surface area contributed by atoms with Crippen LogP contribution < -0.4 is 10.6 Å². The second-order valence-corrected chi connectivity index (χ2v) is 9.29. The van der Waals surface area contributed by atoms with E-state index < -0.39 is 21.7 Å². The molecule has 0 unspecified atom stereocenters. The quantitative estimate of drug-likeness (QED) is 0.182. The number of non-ortho nitro benzene ring substituents is 2. The Kier molecular flexibility index (Phi) is 6.76. The number of para-hydroxylation sites is 1.